The number of fused-ring (bicyclic) bond motifs is 9. The molecule has 64 heavy (non-hydrogen) atoms. The molecule has 0 saturated carbocycles. The largest absolute Gasteiger partial charge is 0.309 e. The van der Waals surface area contributed by atoms with Crippen LogP contribution in [-0.2, 0) is 0 Å². The Labute approximate surface area is 378 Å². The van der Waals surface area contributed by atoms with E-state index in [0.29, 0.717) is 0 Å². The van der Waals surface area contributed by atoms with Gasteiger partial charge in [0.15, 0.2) is 0 Å². The molecule has 0 amide bonds. The summed E-state index contributed by atoms with van der Waals surface area (Å²) in [6.07, 6.45) is 0. The van der Waals surface area contributed by atoms with Gasteiger partial charge < -0.3 is 13.7 Å². The first-order chi connectivity index (χ1) is 30.7. The van der Waals surface area contributed by atoms with Gasteiger partial charge in [0.25, 0.3) is 0 Å². The van der Waals surface area contributed by atoms with E-state index in [1.54, 1.807) is 0 Å². The van der Waals surface area contributed by atoms with Crippen LogP contribution in [0.3, 0.4) is 0 Å². The van der Waals surface area contributed by atoms with Crippen LogP contribution in [0.1, 0.15) is 62.3 Å². The molecule has 3 aromatic heterocycles. The van der Waals surface area contributed by atoms with Crippen LogP contribution in [0.15, 0.2) is 182 Å². The summed E-state index contributed by atoms with van der Waals surface area (Å²) in [5, 5.41) is 9.09. The number of para-hydroxylation sites is 5. The Hall–Kier alpha value is -6.62. The smallest absolute Gasteiger partial charge is 0.105 e. The van der Waals surface area contributed by atoms with Gasteiger partial charge >= 0.3 is 0 Å². The van der Waals surface area contributed by atoms with E-state index in [4.69, 9.17) is 0 Å². The third-order valence-electron chi connectivity index (χ3n) is 14.5. The molecule has 3 heterocycles. The van der Waals surface area contributed by atoms with E-state index in [1.165, 1.54) is 87.4 Å². The van der Waals surface area contributed by atoms with Gasteiger partial charge in [-0.25, -0.2) is 0 Å². The van der Waals surface area contributed by atoms with E-state index in [0.717, 1.165) is 11.4 Å². The Morgan fingerprint density at radius 1 is 0.312 bits per heavy atom. The lowest BCUT2D eigenvalue weighted by Gasteiger charge is -2.60. The van der Waals surface area contributed by atoms with Gasteiger partial charge in [0, 0.05) is 49.3 Å². The number of hydrogen-bond donors (Lipinski definition) is 0. The molecule has 0 fully saturated rings. The van der Waals surface area contributed by atoms with Crippen LogP contribution in [0, 0.1) is 0 Å². The Balaban J connectivity index is 1.32. The topological polar surface area (TPSA) is 14.8 Å². The van der Waals surface area contributed by atoms with E-state index < -0.39 is 8.07 Å². The summed E-state index contributed by atoms with van der Waals surface area (Å²) in [6.45, 7) is 22.7. The fourth-order valence-electron chi connectivity index (χ4n) is 13.4. The second kappa shape index (κ2) is 14.2. The minimum atomic E-state index is -2.58. The molecule has 4 heteroatoms. The molecule has 0 radical (unpaired) electrons. The highest BCUT2D eigenvalue weighted by Gasteiger charge is 2.61. The van der Waals surface area contributed by atoms with Crippen molar-refractivity contribution in [1.82, 2.24) is 13.7 Å². The van der Waals surface area contributed by atoms with Crippen LogP contribution in [0.5, 0.6) is 0 Å². The lowest BCUT2D eigenvalue weighted by atomic mass is 10.0. The van der Waals surface area contributed by atoms with Crippen LogP contribution in [0.4, 0.5) is 0 Å². The maximum absolute atomic E-state index is 2.67. The van der Waals surface area contributed by atoms with Crippen LogP contribution >= 0.6 is 0 Å². The lowest BCUT2D eigenvalue weighted by molar-refractivity contribution is 0.547. The van der Waals surface area contributed by atoms with Crippen molar-refractivity contribution in [2.45, 2.75) is 77.4 Å². The molecule has 0 unspecified atom stereocenters. The summed E-state index contributed by atoms with van der Waals surface area (Å²) in [5.41, 5.74) is 13.4. The molecule has 316 valence electrons. The van der Waals surface area contributed by atoms with Gasteiger partial charge in [0.1, 0.15) is 8.07 Å². The molecular formula is C60H57N3Si. The predicted octanol–water partition coefficient (Wildman–Crippen LogP) is 16.7. The number of nitrogens with zero attached hydrogens (tertiary/aromatic N) is 3. The van der Waals surface area contributed by atoms with Gasteiger partial charge in [-0.1, -0.05) is 184 Å². The fourth-order valence-corrected chi connectivity index (χ4v) is 23.6. The van der Waals surface area contributed by atoms with Crippen molar-refractivity contribution in [3.8, 4) is 28.2 Å². The summed E-state index contributed by atoms with van der Waals surface area (Å²) < 4.78 is 7.59. The van der Waals surface area contributed by atoms with E-state index in [1.807, 2.05) is 0 Å². The minimum Gasteiger partial charge on any atom is -0.309 e. The van der Waals surface area contributed by atoms with E-state index in [-0.39, 0.29) is 15.1 Å². The Morgan fingerprint density at radius 3 is 1.06 bits per heavy atom. The third-order valence-corrected chi connectivity index (χ3v) is 22.5. The molecule has 0 atom stereocenters. The zero-order chi connectivity index (χ0) is 44.3. The predicted molar refractivity (Wildman–Crippen MR) is 279 cm³/mol. The van der Waals surface area contributed by atoms with Crippen molar-refractivity contribution in [3.05, 3.63) is 182 Å². The van der Waals surface area contributed by atoms with Crippen molar-refractivity contribution < 1.29 is 0 Å². The van der Waals surface area contributed by atoms with Crippen molar-refractivity contribution in [2.75, 3.05) is 0 Å². The standard InChI is InChI=1S/C60H57N3Si/c1-58(2,3)64(59(4,5)6,60(7,8)9)56-33-21-28-43(40-22-11-10-12-23-40)57(56)63-54-36-34-41(61-50-29-17-13-24-44(50)45-25-14-18-30-51(45)61)38-48(54)49-39-42(35-37-55(49)63)62-52-31-19-15-26-46(52)47-27-16-20-32-53(47)62/h10-39H,1-9H3. The first-order valence-electron chi connectivity index (χ1n) is 23.0. The van der Waals surface area contributed by atoms with Gasteiger partial charge in [-0.3, -0.25) is 0 Å². The molecule has 0 N–H and O–H groups in total. The quantitative estimate of drug-likeness (QED) is 0.153. The maximum Gasteiger partial charge on any atom is 0.105 e. The zero-order valence-corrected chi connectivity index (χ0v) is 39.7. The summed E-state index contributed by atoms with van der Waals surface area (Å²) in [4.78, 5) is 0. The minimum absolute atomic E-state index is 0.0136. The normalized spacial score (nSPS) is 13.1. The average Bonchev–Trinajstić information content (AvgIpc) is 3.90. The monoisotopic (exact) mass is 847 g/mol. The van der Waals surface area contributed by atoms with Crippen molar-refractivity contribution in [2.24, 2.45) is 0 Å². The maximum atomic E-state index is 2.67. The number of aromatic nitrogens is 3. The molecule has 0 bridgehead atoms. The molecule has 0 aliphatic carbocycles. The summed E-state index contributed by atoms with van der Waals surface area (Å²) >= 11 is 0. The van der Waals surface area contributed by atoms with E-state index >= 15 is 0 Å². The van der Waals surface area contributed by atoms with Crippen LogP contribution in [0.2, 0.25) is 15.1 Å². The highest BCUT2D eigenvalue weighted by molar-refractivity contribution is 6.99. The van der Waals surface area contributed by atoms with Crippen LogP contribution in [0.25, 0.3) is 93.6 Å². The molecular weight excluding hydrogens is 791 g/mol. The summed E-state index contributed by atoms with van der Waals surface area (Å²) in [5.74, 6) is 0. The van der Waals surface area contributed by atoms with Gasteiger partial charge in [-0.2, -0.15) is 0 Å². The van der Waals surface area contributed by atoms with Crippen molar-refractivity contribution in [1.29, 1.82) is 0 Å². The molecule has 0 aliphatic rings. The molecule has 0 spiro atoms. The zero-order valence-electron chi connectivity index (χ0n) is 38.7. The first-order valence-corrected chi connectivity index (χ1v) is 25.0. The first kappa shape index (κ1) is 40.2. The van der Waals surface area contributed by atoms with Crippen molar-refractivity contribution in [3.63, 3.8) is 0 Å². The Morgan fingerprint density at radius 2 is 0.672 bits per heavy atom. The SMILES string of the molecule is CC(C)(C)[Si](c1cccc(-c2ccccc2)c1-n1c2ccc(-n3c4ccccc4c4ccccc43)cc2c2cc(-n3c4ccccc4c4ccccc43)ccc21)(C(C)(C)C)C(C)(C)C. The molecule has 11 rings (SSSR count). The number of rotatable bonds is 5. The van der Waals surface area contributed by atoms with Gasteiger partial charge in [0.2, 0.25) is 0 Å². The highest BCUT2D eigenvalue weighted by atomic mass is 28.3. The molecule has 8 aromatic carbocycles. The second-order valence-corrected chi connectivity index (χ2v) is 27.6. The fraction of sp³-hybridized carbons (Fsp3) is 0.200. The molecule has 11 aromatic rings. The number of benzene rings is 8. The van der Waals surface area contributed by atoms with Gasteiger partial charge in [-0.15, -0.1) is 0 Å². The van der Waals surface area contributed by atoms with Crippen LogP contribution in [-0.4, -0.2) is 21.8 Å². The average molecular weight is 848 g/mol. The van der Waals surface area contributed by atoms with Gasteiger partial charge in [0.05, 0.1) is 38.8 Å². The van der Waals surface area contributed by atoms with E-state index in [9.17, 15) is 0 Å². The van der Waals surface area contributed by atoms with Crippen molar-refractivity contribution >= 4 is 78.7 Å². The molecule has 3 nitrogen and oxygen atoms in total. The lowest BCUT2D eigenvalue weighted by Crippen LogP contribution is -2.67. The second-order valence-electron chi connectivity index (χ2n) is 21.0. The van der Waals surface area contributed by atoms with Gasteiger partial charge in [-0.05, 0) is 86.5 Å². The molecule has 0 aliphatic heterocycles. The Kier molecular flexibility index (Phi) is 8.91. The highest BCUT2D eigenvalue weighted by Crippen LogP contribution is 2.62. The van der Waals surface area contributed by atoms with E-state index in [2.05, 4.69) is 258 Å². The van der Waals surface area contributed by atoms with Crippen LogP contribution < -0.4 is 5.19 Å². The Bertz CT molecular complexity index is 3300. The third kappa shape index (κ3) is 5.64. The summed E-state index contributed by atoms with van der Waals surface area (Å²) in [6, 6.07) is 68.2. The molecule has 0 saturated heterocycles. The summed E-state index contributed by atoms with van der Waals surface area (Å²) in [7, 11) is -2.58. The number of hydrogen-bond acceptors (Lipinski definition) is 0.